The smallest absolute Gasteiger partial charge is 0.339 e. The van der Waals surface area contributed by atoms with Crippen LogP contribution in [-0.2, 0) is 0 Å². The molecule has 0 aliphatic rings. The Kier molecular flexibility index (Phi) is 2.75. The van der Waals surface area contributed by atoms with E-state index in [1.54, 1.807) is 12.1 Å². The van der Waals surface area contributed by atoms with Crippen molar-refractivity contribution < 1.29 is 14.3 Å². The number of aromatic carboxylic acids is 1. The van der Waals surface area contributed by atoms with Gasteiger partial charge in [0.25, 0.3) is 0 Å². The molecule has 2 rings (SSSR count). The molecule has 4 heteroatoms. The van der Waals surface area contributed by atoms with Gasteiger partial charge in [0.1, 0.15) is 11.4 Å². The predicted octanol–water partition coefficient (Wildman–Crippen LogP) is 3.56. The molecule has 1 N–H and O–H groups in total. The number of rotatable bonds is 2. The van der Waals surface area contributed by atoms with Crippen LogP contribution in [0.1, 0.15) is 15.2 Å². The Balaban J connectivity index is 2.65. The van der Waals surface area contributed by atoms with Crippen molar-refractivity contribution in [2.45, 2.75) is 6.92 Å². The first kappa shape index (κ1) is 10.8. The van der Waals surface area contributed by atoms with E-state index in [1.165, 1.54) is 17.4 Å². The van der Waals surface area contributed by atoms with Gasteiger partial charge in [0, 0.05) is 15.3 Å². The molecular formula is C12H9FO2S. The molecular weight excluding hydrogens is 227 g/mol. The van der Waals surface area contributed by atoms with Gasteiger partial charge in [-0.05, 0) is 25.1 Å². The molecule has 0 fully saturated rings. The lowest BCUT2D eigenvalue weighted by molar-refractivity contribution is 0.0693. The second-order valence-electron chi connectivity index (χ2n) is 3.38. The summed E-state index contributed by atoms with van der Waals surface area (Å²) >= 11 is 1.45. The number of carbonyl (C=O) groups is 1. The summed E-state index contributed by atoms with van der Waals surface area (Å²) in [5, 5.41) is 8.98. The van der Waals surface area contributed by atoms with Crippen molar-refractivity contribution in [3.8, 4) is 10.4 Å². The van der Waals surface area contributed by atoms with Gasteiger partial charge in [-0.2, -0.15) is 0 Å². The Hall–Kier alpha value is -1.68. The highest BCUT2D eigenvalue weighted by molar-refractivity contribution is 7.15. The molecule has 1 aromatic carbocycles. The lowest BCUT2D eigenvalue weighted by Crippen LogP contribution is -2.02. The fourth-order valence-corrected chi connectivity index (χ4v) is 2.43. The quantitative estimate of drug-likeness (QED) is 0.865. The summed E-state index contributed by atoms with van der Waals surface area (Å²) in [4.78, 5) is 12.8. The topological polar surface area (TPSA) is 37.3 Å². The van der Waals surface area contributed by atoms with Gasteiger partial charge in [0.15, 0.2) is 0 Å². The van der Waals surface area contributed by atoms with Crippen LogP contribution in [0.2, 0.25) is 0 Å². The molecule has 0 aliphatic carbocycles. The largest absolute Gasteiger partial charge is 0.478 e. The molecule has 0 spiro atoms. The number of hydrogen-bond donors (Lipinski definition) is 1. The molecule has 82 valence electrons. The number of thiophene rings is 1. The van der Waals surface area contributed by atoms with Crippen LogP contribution in [0.25, 0.3) is 10.4 Å². The van der Waals surface area contributed by atoms with Gasteiger partial charge in [-0.15, -0.1) is 11.3 Å². The summed E-state index contributed by atoms with van der Waals surface area (Å²) in [5.41, 5.74) is 0.176. The average Bonchev–Trinajstić information content (AvgIpc) is 2.63. The third kappa shape index (κ3) is 1.84. The highest BCUT2D eigenvalue weighted by Crippen LogP contribution is 2.31. The average molecular weight is 236 g/mol. The normalized spacial score (nSPS) is 10.4. The number of carboxylic acids is 1. The molecule has 0 radical (unpaired) electrons. The van der Waals surface area contributed by atoms with Crippen molar-refractivity contribution in [2.24, 2.45) is 0 Å². The van der Waals surface area contributed by atoms with Gasteiger partial charge >= 0.3 is 5.97 Å². The Morgan fingerprint density at radius 3 is 2.62 bits per heavy atom. The van der Waals surface area contributed by atoms with Crippen LogP contribution in [-0.4, -0.2) is 11.1 Å². The molecule has 0 unspecified atom stereocenters. The molecule has 0 atom stereocenters. The number of benzene rings is 1. The summed E-state index contributed by atoms with van der Waals surface area (Å²) in [7, 11) is 0. The van der Waals surface area contributed by atoms with Crippen LogP contribution in [0, 0.1) is 12.7 Å². The molecule has 0 amide bonds. The summed E-state index contributed by atoms with van der Waals surface area (Å²) in [6, 6.07) is 8.00. The Labute approximate surface area is 96.0 Å². The van der Waals surface area contributed by atoms with E-state index < -0.39 is 11.8 Å². The standard InChI is InChI=1S/C12H9FO2S/c1-7-5-6-10(16-7)8-3-2-4-9(13)11(8)12(14)15/h2-6H,1H3,(H,14,15). The fraction of sp³-hybridized carbons (Fsp3) is 0.0833. The third-order valence-electron chi connectivity index (χ3n) is 2.23. The predicted molar refractivity (Wildman–Crippen MR) is 61.4 cm³/mol. The SMILES string of the molecule is Cc1ccc(-c2cccc(F)c2C(=O)O)s1. The van der Waals surface area contributed by atoms with E-state index >= 15 is 0 Å². The van der Waals surface area contributed by atoms with Gasteiger partial charge in [0.2, 0.25) is 0 Å². The number of halogens is 1. The minimum absolute atomic E-state index is 0.260. The first-order valence-corrected chi connectivity index (χ1v) is 5.50. The number of aryl methyl sites for hydroxylation is 1. The number of carboxylic acid groups (broad SMARTS) is 1. The Bertz CT molecular complexity index is 546. The lowest BCUT2D eigenvalue weighted by atomic mass is 10.1. The molecule has 2 nitrogen and oxygen atoms in total. The van der Waals surface area contributed by atoms with Crippen molar-refractivity contribution in [2.75, 3.05) is 0 Å². The maximum atomic E-state index is 13.4. The van der Waals surface area contributed by atoms with E-state index in [0.29, 0.717) is 5.56 Å². The molecule has 1 heterocycles. The Morgan fingerprint density at radius 1 is 1.31 bits per heavy atom. The zero-order valence-electron chi connectivity index (χ0n) is 8.53. The van der Waals surface area contributed by atoms with Crippen LogP contribution in [0.15, 0.2) is 30.3 Å². The van der Waals surface area contributed by atoms with Gasteiger partial charge in [-0.25, -0.2) is 9.18 Å². The second kappa shape index (κ2) is 4.06. The van der Waals surface area contributed by atoms with Crippen LogP contribution >= 0.6 is 11.3 Å². The second-order valence-corrected chi connectivity index (χ2v) is 4.67. The van der Waals surface area contributed by atoms with Crippen LogP contribution in [0.5, 0.6) is 0 Å². The van der Waals surface area contributed by atoms with Crippen molar-refractivity contribution in [1.82, 2.24) is 0 Å². The van der Waals surface area contributed by atoms with Crippen molar-refractivity contribution in [1.29, 1.82) is 0 Å². The molecule has 0 bridgehead atoms. The zero-order valence-corrected chi connectivity index (χ0v) is 9.34. The first-order chi connectivity index (χ1) is 7.59. The van der Waals surface area contributed by atoms with Gasteiger partial charge < -0.3 is 5.11 Å². The highest BCUT2D eigenvalue weighted by Gasteiger charge is 2.17. The van der Waals surface area contributed by atoms with E-state index in [4.69, 9.17) is 5.11 Å². The molecule has 0 aliphatic heterocycles. The van der Waals surface area contributed by atoms with Crippen LogP contribution < -0.4 is 0 Å². The van der Waals surface area contributed by atoms with E-state index in [0.717, 1.165) is 15.8 Å². The van der Waals surface area contributed by atoms with Gasteiger partial charge in [-0.3, -0.25) is 0 Å². The third-order valence-corrected chi connectivity index (χ3v) is 3.27. The van der Waals surface area contributed by atoms with Crippen LogP contribution in [0.4, 0.5) is 4.39 Å². The molecule has 0 saturated heterocycles. The van der Waals surface area contributed by atoms with Crippen molar-refractivity contribution in [3.05, 3.63) is 46.6 Å². The van der Waals surface area contributed by atoms with Gasteiger partial charge in [-0.1, -0.05) is 12.1 Å². The molecule has 16 heavy (non-hydrogen) atoms. The highest BCUT2D eigenvalue weighted by atomic mass is 32.1. The van der Waals surface area contributed by atoms with Crippen molar-refractivity contribution in [3.63, 3.8) is 0 Å². The van der Waals surface area contributed by atoms with Gasteiger partial charge in [0.05, 0.1) is 0 Å². The molecule has 2 aromatic rings. The van der Waals surface area contributed by atoms with E-state index in [1.807, 2.05) is 13.0 Å². The van der Waals surface area contributed by atoms with E-state index in [9.17, 15) is 9.18 Å². The summed E-state index contributed by atoms with van der Waals surface area (Å²) in [6.45, 7) is 1.92. The molecule has 1 aromatic heterocycles. The minimum atomic E-state index is -1.24. The molecule has 0 saturated carbocycles. The van der Waals surface area contributed by atoms with Crippen LogP contribution in [0.3, 0.4) is 0 Å². The summed E-state index contributed by atoms with van der Waals surface area (Å²) in [5.74, 6) is -1.93. The van der Waals surface area contributed by atoms with E-state index in [-0.39, 0.29) is 5.56 Å². The van der Waals surface area contributed by atoms with Crippen molar-refractivity contribution >= 4 is 17.3 Å². The lowest BCUT2D eigenvalue weighted by Gasteiger charge is -2.04. The summed E-state index contributed by atoms with van der Waals surface area (Å²) in [6.07, 6.45) is 0. The summed E-state index contributed by atoms with van der Waals surface area (Å²) < 4.78 is 13.4. The first-order valence-electron chi connectivity index (χ1n) is 4.68. The fourth-order valence-electron chi connectivity index (χ4n) is 1.53. The monoisotopic (exact) mass is 236 g/mol. The maximum absolute atomic E-state index is 13.4. The zero-order chi connectivity index (χ0) is 11.7. The minimum Gasteiger partial charge on any atom is -0.478 e. The number of hydrogen-bond acceptors (Lipinski definition) is 2. The Morgan fingerprint density at radius 2 is 2.06 bits per heavy atom. The maximum Gasteiger partial charge on any atom is 0.339 e. The van der Waals surface area contributed by atoms with E-state index in [2.05, 4.69) is 0 Å².